The molecule has 0 N–H and O–H groups in total. The molecule has 0 saturated heterocycles. The van der Waals surface area contributed by atoms with Crippen LogP contribution in [-0.2, 0) is 0 Å². The van der Waals surface area contributed by atoms with Gasteiger partial charge >= 0.3 is 0 Å². The summed E-state index contributed by atoms with van der Waals surface area (Å²) in [5.41, 5.74) is 1.27. The SMILES string of the molecule is CC(C)CCCC(C)C1CCC2C3C(N(C)C)CC4CCCCC4(C)C3CCC12C. The van der Waals surface area contributed by atoms with Gasteiger partial charge in [0.25, 0.3) is 0 Å². The van der Waals surface area contributed by atoms with Crippen LogP contribution in [0.4, 0.5) is 0 Å². The van der Waals surface area contributed by atoms with Gasteiger partial charge in [0.15, 0.2) is 0 Å². The van der Waals surface area contributed by atoms with E-state index in [1.807, 2.05) is 0 Å². The predicted octanol–water partition coefficient (Wildman–Crippen LogP) is 8.04. The summed E-state index contributed by atoms with van der Waals surface area (Å²) in [6, 6.07) is 0.839. The monoisotopic (exact) mass is 415 g/mol. The van der Waals surface area contributed by atoms with Crippen molar-refractivity contribution >= 4 is 0 Å². The second kappa shape index (κ2) is 8.72. The summed E-state index contributed by atoms with van der Waals surface area (Å²) in [5.74, 6) is 6.72. The predicted molar refractivity (Wildman–Crippen MR) is 131 cm³/mol. The van der Waals surface area contributed by atoms with Gasteiger partial charge in [-0.3, -0.25) is 0 Å². The van der Waals surface area contributed by atoms with E-state index in [2.05, 4.69) is 53.6 Å². The van der Waals surface area contributed by atoms with E-state index in [1.165, 1.54) is 77.0 Å². The molecule has 9 unspecified atom stereocenters. The highest BCUT2D eigenvalue weighted by molar-refractivity contribution is 5.12. The van der Waals surface area contributed by atoms with Gasteiger partial charge in [0.05, 0.1) is 0 Å². The third-order valence-corrected chi connectivity index (χ3v) is 11.5. The molecule has 0 amide bonds. The molecule has 0 aromatic rings. The molecule has 4 rings (SSSR count). The van der Waals surface area contributed by atoms with Gasteiger partial charge in [0.1, 0.15) is 0 Å². The summed E-state index contributed by atoms with van der Waals surface area (Å²) < 4.78 is 0. The normalized spacial score (nSPS) is 47.1. The van der Waals surface area contributed by atoms with E-state index in [0.29, 0.717) is 10.8 Å². The maximum absolute atomic E-state index is 2.76. The Morgan fingerprint density at radius 3 is 2.27 bits per heavy atom. The van der Waals surface area contributed by atoms with Crippen molar-refractivity contribution in [1.82, 2.24) is 4.90 Å². The van der Waals surface area contributed by atoms with Crippen LogP contribution >= 0.6 is 0 Å². The first-order valence-corrected chi connectivity index (χ1v) is 13.8. The van der Waals surface area contributed by atoms with Crippen LogP contribution in [0.1, 0.15) is 112 Å². The second-order valence-corrected chi connectivity index (χ2v) is 13.5. The van der Waals surface area contributed by atoms with Crippen molar-refractivity contribution in [1.29, 1.82) is 0 Å². The summed E-state index contributed by atoms with van der Waals surface area (Å²) in [7, 11) is 4.81. The lowest BCUT2D eigenvalue weighted by Gasteiger charge is -2.64. The lowest BCUT2D eigenvalue weighted by Crippen LogP contribution is -2.60. The number of hydrogen-bond acceptors (Lipinski definition) is 1. The van der Waals surface area contributed by atoms with Gasteiger partial charge in [-0.05, 0) is 111 Å². The molecule has 30 heavy (non-hydrogen) atoms. The Kier molecular flexibility index (Phi) is 6.72. The lowest BCUT2D eigenvalue weighted by atomic mass is 9.43. The third kappa shape index (κ3) is 3.82. The molecule has 0 aromatic heterocycles. The summed E-state index contributed by atoms with van der Waals surface area (Å²) in [6.45, 7) is 12.9. The molecule has 9 atom stereocenters. The van der Waals surface area contributed by atoms with Crippen LogP contribution in [0.25, 0.3) is 0 Å². The number of nitrogens with zero attached hydrogens (tertiary/aromatic N) is 1. The third-order valence-electron chi connectivity index (χ3n) is 11.5. The Balaban J connectivity index is 1.56. The number of rotatable bonds is 6. The van der Waals surface area contributed by atoms with Crippen molar-refractivity contribution in [3.05, 3.63) is 0 Å². The molecule has 0 bridgehead atoms. The summed E-state index contributed by atoms with van der Waals surface area (Å²) in [6.07, 6.45) is 18.0. The van der Waals surface area contributed by atoms with Crippen LogP contribution in [0, 0.1) is 52.3 Å². The van der Waals surface area contributed by atoms with Gasteiger partial charge < -0.3 is 4.90 Å². The first kappa shape index (κ1) is 23.1. The van der Waals surface area contributed by atoms with Crippen molar-refractivity contribution in [2.24, 2.45) is 52.3 Å². The van der Waals surface area contributed by atoms with E-state index < -0.39 is 0 Å². The molecule has 4 aliphatic rings. The maximum Gasteiger partial charge on any atom is 0.0126 e. The average molecular weight is 416 g/mol. The van der Waals surface area contributed by atoms with Crippen LogP contribution in [-0.4, -0.2) is 25.0 Å². The standard InChI is InChI=1S/C29H53N/c1-20(2)11-10-12-21(3)23-14-15-24-27-25(16-18-29(23,24)5)28(4)17-9-8-13-22(28)19-26(27)30(6)7/h20-27H,8-19H2,1-7H3. The fourth-order valence-corrected chi connectivity index (χ4v) is 9.83. The van der Waals surface area contributed by atoms with Crippen molar-refractivity contribution in [3.63, 3.8) is 0 Å². The van der Waals surface area contributed by atoms with Crippen molar-refractivity contribution in [3.8, 4) is 0 Å². The van der Waals surface area contributed by atoms with Crippen LogP contribution < -0.4 is 0 Å². The molecule has 4 fully saturated rings. The van der Waals surface area contributed by atoms with Crippen LogP contribution in [0.5, 0.6) is 0 Å². The maximum atomic E-state index is 2.76. The molecular formula is C29H53N. The Bertz CT molecular complexity index is 581. The van der Waals surface area contributed by atoms with E-state index in [4.69, 9.17) is 0 Å². The van der Waals surface area contributed by atoms with Crippen LogP contribution in [0.2, 0.25) is 0 Å². The van der Waals surface area contributed by atoms with Gasteiger partial charge in [0.2, 0.25) is 0 Å². The molecule has 0 aliphatic heterocycles. The Morgan fingerprint density at radius 2 is 1.57 bits per heavy atom. The summed E-state index contributed by atoms with van der Waals surface area (Å²) >= 11 is 0. The number of hydrogen-bond donors (Lipinski definition) is 0. The van der Waals surface area contributed by atoms with Gasteiger partial charge in [-0.2, -0.15) is 0 Å². The first-order valence-electron chi connectivity index (χ1n) is 13.8. The first-order chi connectivity index (χ1) is 14.2. The zero-order valence-electron chi connectivity index (χ0n) is 21.6. The van der Waals surface area contributed by atoms with Crippen LogP contribution in [0.3, 0.4) is 0 Å². The van der Waals surface area contributed by atoms with Gasteiger partial charge in [0, 0.05) is 6.04 Å². The fourth-order valence-electron chi connectivity index (χ4n) is 9.83. The summed E-state index contributed by atoms with van der Waals surface area (Å²) in [4.78, 5) is 2.66. The molecule has 174 valence electrons. The summed E-state index contributed by atoms with van der Waals surface area (Å²) in [5, 5.41) is 0. The molecule has 0 aromatic carbocycles. The fraction of sp³-hybridized carbons (Fsp3) is 1.00. The molecule has 4 saturated carbocycles. The van der Waals surface area contributed by atoms with Gasteiger partial charge in [-0.15, -0.1) is 0 Å². The molecule has 0 heterocycles. The van der Waals surface area contributed by atoms with Crippen molar-refractivity contribution in [2.75, 3.05) is 14.1 Å². The molecule has 0 radical (unpaired) electrons. The highest BCUT2D eigenvalue weighted by atomic mass is 15.1. The van der Waals surface area contributed by atoms with Gasteiger partial charge in [-0.25, -0.2) is 0 Å². The van der Waals surface area contributed by atoms with E-state index in [0.717, 1.165) is 47.5 Å². The Morgan fingerprint density at radius 1 is 0.833 bits per heavy atom. The molecule has 0 spiro atoms. The topological polar surface area (TPSA) is 3.24 Å². The van der Waals surface area contributed by atoms with E-state index in [9.17, 15) is 0 Å². The molecule has 1 nitrogen and oxygen atoms in total. The van der Waals surface area contributed by atoms with E-state index >= 15 is 0 Å². The minimum absolute atomic E-state index is 0.616. The highest BCUT2D eigenvalue weighted by Gasteiger charge is 2.62. The minimum atomic E-state index is 0.616. The zero-order valence-corrected chi connectivity index (χ0v) is 21.6. The minimum Gasteiger partial charge on any atom is -0.306 e. The molecular weight excluding hydrogens is 362 g/mol. The number of fused-ring (bicyclic) bond motifs is 5. The van der Waals surface area contributed by atoms with Crippen molar-refractivity contribution in [2.45, 2.75) is 118 Å². The smallest absolute Gasteiger partial charge is 0.0126 e. The van der Waals surface area contributed by atoms with E-state index in [-0.39, 0.29) is 0 Å². The Hall–Kier alpha value is -0.0400. The quantitative estimate of drug-likeness (QED) is 0.424. The second-order valence-electron chi connectivity index (χ2n) is 13.5. The molecule has 4 aliphatic carbocycles. The lowest BCUT2D eigenvalue weighted by molar-refractivity contribution is -0.144. The van der Waals surface area contributed by atoms with Gasteiger partial charge in [-0.1, -0.05) is 66.7 Å². The Labute approximate surface area is 189 Å². The van der Waals surface area contributed by atoms with Crippen molar-refractivity contribution < 1.29 is 0 Å². The molecule has 1 heteroatoms. The zero-order chi connectivity index (χ0) is 21.7. The largest absolute Gasteiger partial charge is 0.306 e. The highest BCUT2D eigenvalue weighted by Crippen LogP contribution is 2.68. The van der Waals surface area contributed by atoms with E-state index in [1.54, 1.807) is 0 Å². The average Bonchev–Trinajstić information content (AvgIpc) is 3.03. The van der Waals surface area contributed by atoms with Crippen LogP contribution in [0.15, 0.2) is 0 Å².